The molecule has 5 saturated heterocycles. The van der Waals surface area contributed by atoms with Crippen LogP contribution in [0.15, 0.2) is 24.3 Å². The Morgan fingerprint density at radius 1 is 0.453 bits per heavy atom. The Bertz CT molecular complexity index is 3020. The average Bonchev–Trinajstić information content (AvgIpc) is 0.763. The highest BCUT2D eigenvalue weighted by Crippen LogP contribution is 2.45. The Labute approximate surface area is 600 Å². The Morgan fingerprint density at radius 3 is 1.58 bits per heavy atom. The monoisotopic (exact) mass is 1540 g/mol. The summed E-state index contributed by atoms with van der Waals surface area (Å²) in [5.41, 5.74) is 0. The zero-order chi connectivity index (χ0) is 77.6. The molecule has 9 rings (SSSR count). The minimum Gasteiger partial charge on any atom is -0.479 e. The quantitative estimate of drug-likeness (QED) is 0.0126. The fraction of sp³-hybridized carbons (Fsp3) is 0.828. The molecular formula is C64H95O42+. The van der Waals surface area contributed by atoms with Gasteiger partial charge in [0.15, 0.2) is 55.7 Å². The molecule has 4 saturated carbocycles. The van der Waals surface area contributed by atoms with Crippen molar-refractivity contribution < 1.29 is 207 Å². The van der Waals surface area contributed by atoms with Crippen LogP contribution in [0.4, 0.5) is 0 Å². The molecule has 42 nitrogen and oxygen atoms in total. The van der Waals surface area contributed by atoms with E-state index >= 15 is 0 Å². The third kappa shape index (κ3) is 20.4. The van der Waals surface area contributed by atoms with E-state index in [2.05, 4.69) is 4.74 Å². The smallest absolute Gasteiger partial charge is 0.348 e. The highest BCUT2D eigenvalue weighted by molar-refractivity contribution is 5.93. The predicted molar refractivity (Wildman–Crippen MR) is 331 cm³/mol. The minimum absolute atomic E-state index is 0.0183. The molecule has 42 heteroatoms. The van der Waals surface area contributed by atoms with Crippen LogP contribution in [0, 0.1) is 23.7 Å². The third-order valence-corrected chi connectivity index (χ3v) is 20.8. The Balaban J connectivity index is 1.01. The molecule has 602 valence electrons. The number of carbonyl (C=O) groups excluding carboxylic acids is 4. The third-order valence-electron chi connectivity index (χ3n) is 20.8. The topological polar surface area (TPSA) is 688 Å². The van der Waals surface area contributed by atoms with Gasteiger partial charge in [-0.2, -0.15) is 0 Å². The van der Waals surface area contributed by atoms with E-state index in [-0.39, 0.29) is 50.9 Å². The van der Waals surface area contributed by atoms with Gasteiger partial charge in [-0.15, -0.1) is 0 Å². The molecule has 106 heavy (non-hydrogen) atoms. The number of esters is 4. The van der Waals surface area contributed by atoms with Gasteiger partial charge in [-0.1, -0.05) is 12.2 Å². The van der Waals surface area contributed by atoms with Crippen LogP contribution in [0.1, 0.15) is 77.0 Å². The second-order valence-electron chi connectivity index (χ2n) is 28.2. The van der Waals surface area contributed by atoms with Gasteiger partial charge in [0.05, 0.1) is 61.4 Å². The van der Waals surface area contributed by atoms with Gasteiger partial charge >= 0.3 is 41.8 Å². The summed E-state index contributed by atoms with van der Waals surface area (Å²) in [5.74, 6) is -14.6. The highest BCUT2D eigenvalue weighted by atomic mass is 16.8. The fourth-order valence-electron chi connectivity index (χ4n) is 14.8. The summed E-state index contributed by atoms with van der Waals surface area (Å²) in [5, 5.41) is 236. The van der Waals surface area contributed by atoms with Crippen LogP contribution in [0.3, 0.4) is 0 Å². The molecule has 5 aliphatic heterocycles. The summed E-state index contributed by atoms with van der Waals surface area (Å²) in [6.07, 6.45) is -61.1. The number of carboxylic acid groups (broad SMARTS) is 3. The van der Waals surface area contributed by atoms with Crippen molar-refractivity contribution in [2.45, 2.75) is 285 Å². The number of allylic oxidation sites excluding steroid dienone is 2. The first-order valence-electron chi connectivity index (χ1n) is 34.6. The van der Waals surface area contributed by atoms with E-state index < -0.39 is 307 Å². The van der Waals surface area contributed by atoms with Gasteiger partial charge in [0.1, 0.15) is 117 Å². The molecule has 0 aromatic heterocycles. The molecule has 0 radical (unpaired) electrons. The molecule has 9 fully saturated rings. The Kier molecular flexibility index (Phi) is 29.6. The lowest BCUT2D eigenvalue weighted by atomic mass is 9.72. The number of hydrogen-bond acceptors (Lipinski definition) is 38. The first-order valence-corrected chi connectivity index (χ1v) is 34.6. The predicted octanol–water partition coefficient (Wildman–Crippen LogP) is -11.3. The number of fused-ring (bicyclic) bond motifs is 1. The lowest BCUT2D eigenvalue weighted by Gasteiger charge is -2.51. The number of carbonyl (C=O) groups is 7. The maximum atomic E-state index is 13.6. The number of rotatable bonds is 26. The maximum Gasteiger partial charge on any atom is 0.348 e. The molecule has 0 aromatic rings. The SMILES string of the molecule is O=C(C=CC1CCC(O)C(O)C1)OC[C@@H]1O[C@H](OC2CC(O)C3CC(O[C@H]4O[C@H](COC(=O)CC(=O)O[C@H](C(=O)O)[C@@H](O)C(=O)O)[C@H](O)[C@@H](O)[C@@H]4O[C@H]4O[C@@H](CO)[C@H](O)[C@@H](O)[C@@H]4OC(=O)C=CC4CCC(O)C(O)C4)C(C4CC(O)C(O)C(O[C@H]5O[C@@H](C(=O)O)[C@H](O)[C@H](O)[C@H]5O)C4)[OH+]C3C2)[C@@H](O)[C@H](O)[C@H]1O. The van der Waals surface area contributed by atoms with Crippen LogP contribution in [-0.4, -0.2) is 387 Å². The zero-order valence-electron chi connectivity index (χ0n) is 56.4. The molecule has 5 heterocycles. The second-order valence-corrected chi connectivity index (χ2v) is 28.2. The Morgan fingerprint density at radius 2 is 0.991 bits per heavy atom. The van der Waals surface area contributed by atoms with Crippen LogP contribution in [0.25, 0.3) is 0 Å². The largest absolute Gasteiger partial charge is 0.479 e. The molecule has 0 aromatic carbocycles. The standard InChI is InChI=1S/C64H94O42/c65-17-34-42(77)47(82)56(103-38(73)8-4-21-2-6-26(67)29(70)10-21)64(100-34)106-57-48(83)44(79)36(19-95-39(74)16-40(75)104-55(60(92)93)52(87)58(88)89)102-63(57)99-33-15-24-27(68)13-23(96-61-50(85)45(80)43(78)35(101-61)18-94-37(72)7-3-20-1-5-25(66)28(69)9-20)14-31(24)97-53(33)22-11-30(71)41(76)32(12-22)98-62-51(86)46(81)49(84)54(105-62)59(90)91/h3-4,7-8,20-36,41-57,61-71,76-87H,1-2,5-6,9-19H2,(H,88,89)(H,90,91)(H,92,93)/p+1/t20?,21?,22?,23?,24?,25?,26?,27?,28?,29?,30?,31?,32?,33?,34-,35-,36+,41?,42-,43-,44-,45+,46-,47+,48+,49+,50-,51+,52+,53?,54+,55-,56-,57-,61-,62-,63-,64+/m0/s1. The van der Waals surface area contributed by atoms with E-state index in [0.717, 1.165) is 12.2 Å². The van der Waals surface area contributed by atoms with Crippen molar-refractivity contribution in [3.8, 4) is 0 Å². The van der Waals surface area contributed by atoms with E-state index in [9.17, 15) is 141 Å². The molecule has 0 amide bonds. The van der Waals surface area contributed by atoms with E-state index in [1.807, 2.05) is 0 Å². The number of ether oxygens (including phenoxy) is 13. The van der Waals surface area contributed by atoms with Crippen molar-refractivity contribution in [1.82, 2.24) is 0 Å². The van der Waals surface area contributed by atoms with Gasteiger partial charge in [0.25, 0.3) is 0 Å². The summed E-state index contributed by atoms with van der Waals surface area (Å²) < 4.78 is 73.9. The molecule has 4 aliphatic carbocycles. The molecule has 23 N–H and O–H groups in total. The summed E-state index contributed by atoms with van der Waals surface area (Å²) in [6.45, 7) is -2.96. The van der Waals surface area contributed by atoms with Gasteiger partial charge in [-0.3, -0.25) is 9.59 Å². The van der Waals surface area contributed by atoms with E-state index in [4.69, 9.17) is 61.9 Å². The second kappa shape index (κ2) is 37.1. The molecule has 0 bridgehead atoms. The van der Waals surface area contributed by atoms with Crippen LogP contribution < -0.4 is 0 Å². The normalized spacial score (nSPS) is 45.0. The number of aliphatic hydroxyl groups is 21. The van der Waals surface area contributed by atoms with Crippen LogP contribution >= 0.6 is 0 Å². The molecular weight excluding hydrogens is 1440 g/mol. The van der Waals surface area contributed by atoms with Crippen molar-refractivity contribution in [2.75, 3.05) is 19.8 Å². The maximum absolute atomic E-state index is 13.6. The van der Waals surface area contributed by atoms with Gasteiger partial charge in [-0.25, -0.2) is 24.0 Å². The fourth-order valence-corrected chi connectivity index (χ4v) is 14.8. The van der Waals surface area contributed by atoms with Crippen molar-refractivity contribution >= 4 is 41.8 Å². The first-order chi connectivity index (χ1) is 50.0. The number of hydrogen-bond donors (Lipinski definition) is 22. The number of aliphatic hydroxyl groups excluding tert-OH is 19. The average molecular weight is 1540 g/mol. The van der Waals surface area contributed by atoms with Crippen LogP contribution in [0.5, 0.6) is 0 Å². The summed E-state index contributed by atoms with van der Waals surface area (Å²) in [7, 11) is 0. The van der Waals surface area contributed by atoms with Crippen molar-refractivity contribution in [1.29, 1.82) is 0 Å². The summed E-state index contributed by atoms with van der Waals surface area (Å²) in [6, 6.07) is 0. The number of aliphatic carboxylic acids is 3. The van der Waals surface area contributed by atoms with Crippen LogP contribution in [-0.2, 0) is 90.4 Å². The van der Waals surface area contributed by atoms with Crippen molar-refractivity contribution in [2.24, 2.45) is 23.7 Å². The van der Waals surface area contributed by atoms with Gasteiger partial charge in [0.2, 0.25) is 6.10 Å². The van der Waals surface area contributed by atoms with Gasteiger partial charge in [-0.05, 0) is 69.6 Å². The summed E-state index contributed by atoms with van der Waals surface area (Å²) in [4.78, 5) is 87.4. The molecule has 0 spiro atoms. The lowest BCUT2D eigenvalue weighted by Crippen LogP contribution is -2.66. The van der Waals surface area contributed by atoms with E-state index in [1.165, 1.54) is 12.2 Å². The van der Waals surface area contributed by atoms with Crippen molar-refractivity contribution in [3.05, 3.63) is 24.3 Å². The van der Waals surface area contributed by atoms with Gasteiger partial charge < -0.3 is 174 Å². The Hall–Kier alpha value is -5.35. The highest BCUT2D eigenvalue weighted by Gasteiger charge is 2.60. The van der Waals surface area contributed by atoms with Crippen LogP contribution in [0.2, 0.25) is 0 Å². The van der Waals surface area contributed by atoms with E-state index in [1.54, 1.807) is 0 Å². The molecule has 9 aliphatic rings. The first kappa shape index (κ1) is 84.7. The van der Waals surface area contributed by atoms with E-state index in [0.29, 0.717) is 12.8 Å². The minimum atomic E-state index is -2.82. The lowest BCUT2D eigenvalue weighted by molar-refractivity contribution is -0.389. The molecule has 16 unspecified atom stereocenters. The van der Waals surface area contributed by atoms with Gasteiger partial charge in [0, 0.05) is 30.9 Å². The number of carboxylic acids is 3. The summed E-state index contributed by atoms with van der Waals surface area (Å²) >= 11 is 0. The molecule has 38 atom stereocenters. The van der Waals surface area contributed by atoms with Crippen molar-refractivity contribution in [3.63, 3.8) is 0 Å². The zero-order valence-corrected chi connectivity index (χ0v) is 56.4.